The van der Waals surface area contributed by atoms with E-state index in [0.717, 1.165) is 95.1 Å². The summed E-state index contributed by atoms with van der Waals surface area (Å²) in [6.45, 7) is 3.93. The van der Waals surface area contributed by atoms with Crippen LogP contribution in [0.25, 0.3) is 0 Å². The second-order valence-corrected chi connectivity index (χ2v) is 11.6. The molecular weight excluding hydrogens is 482 g/mol. The van der Waals surface area contributed by atoms with E-state index in [1.54, 1.807) is 7.05 Å². The third kappa shape index (κ3) is 23.2. The van der Waals surface area contributed by atoms with Gasteiger partial charge in [0.1, 0.15) is 0 Å². The van der Waals surface area contributed by atoms with E-state index in [4.69, 9.17) is 5.21 Å². The summed E-state index contributed by atoms with van der Waals surface area (Å²) in [4.78, 5) is 23.4. The molecule has 214 valence electrons. The minimum atomic E-state index is -4.02. The van der Waals surface area contributed by atoms with Gasteiger partial charge in [-0.2, -0.15) is 13.5 Å². The first-order valence-electron chi connectivity index (χ1n) is 14.1. The van der Waals surface area contributed by atoms with Crippen molar-refractivity contribution in [2.24, 2.45) is 0 Å². The number of unbranched alkanes of at least 4 members (excludes halogenated alkanes) is 10. The Labute approximate surface area is 219 Å². The molecule has 0 spiro atoms. The zero-order valence-corrected chi connectivity index (χ0v) is 23.6. The molecule has 1 atom stereocenters. The van der Waals surface area contributed by atoms with Gasteiger partial charge >= 0.3 is 0 Å². The van der Waals surface area contributed by atoms with Gasteiger partial charge in [-0.1, -0.05) is 71.1 Å². The standard InChI is InChI=1S/C26H53N3O6S/c1-3-4-21-27-25(30)19-15-11-7-9-13-18-24(36(33,34)35)17-12-8-5-6-10-14-20-26(31)28-22-16-23-29(2)32/h24,32H,3-23H2,1-2H3,(H,27,30)(H,28,31)(H,33,34,35). The Morgan fingerprint density at radius 2 is 1.14 bits per heavy atom. The van der Waals surface area contributed by atoms with E-state index < -0.39 is 15.4 Å². The summed E-state index contributed by atoms with van der Waals surface area (Å²) in [6, 6.07) is 0. The molecule has 0 bridgehead atoms. The SMILES string of the molecule is CCCCNC(=O)CCCCCCCC(CCCCCCCCC(=O)NCCCN(C)O)S(=O)(=O)O. The molecule has 0 saturated heterocycles. The summed E-state index contributed by atoms with van der Waals surface area (Å²) < 4.78 is 33.0. The Morgan fingerprint density at radius 1 is 0.722 bits per heavy atom. The van der Waals surface area contributed by atoms with Gasteiger partial charge in [0, 0.05) is 39.5 Å². The molecular formula is C26H53N3O6S. The van der Waals surface area contributed by atoms with E-state index in [1.165, 1.54) is 0 Å². The van der Waals surface area contributed by atoms with E-state index in [0.29, 0.717) is 45.2 Å². The average Bonchev–Trinajstić information content (AvgIpc) is 2.80. The van der Waals surface area contributed by atoms with Crippen molar-refractivity contribution in [3.8, 4) is 0 Å². The number of carbonyl (C=O) groups excluding carboxylic acids is 2. The molecule has 1 unspecified atom stereocenters. The highest BCUT2D eigenvalue weighted by Crippen LogP contribution is 2.19. The van der Waals surface area contributed by atoms with Crippen LogP contribution in [0, 0.1) is 0 Å². The Bertz CT molecular complexity index is 658. The first-order valence-corrected chi connectivity index (χ1v) is 15.6. The molecule has 36 heavy (non-hydrogen) atoms. The fourth-order valence-electron chi connectivity index (χ4n) is 4.11. The largest absolute Gasteiger partial charge is 0.356 e. The lowest BCUT2D eigenvalue weighted by Crippen LogP contribution is -2.26. The molecule has 10 heteroatoms. The van der Waals surface area contributed by atoms with Crippen LogP contribution < -0.4 is 10.6 Å². The molecule has 0 aliphatic rings. The predicted molar refractivity (Wildman–Crippen MR) is 145 cm³/mol. The number of nitrogens with one attached hydrogen (secondary N) is 2. The molecule has 0 aromatic rings. The Hall–Kier alpha value is -1.23. The van der Waals surface area contributed by atoms with Crippen molar-refractivity contribution in [3.05, 3.63) is 0 Å². The third-order valence-corrected chi connectivity index (χ3v) is 7.68. The highest BCUT2D eigenvalue weighted by molar-refractivity contribution is 7.86. The smallest absolute Gasteiger partial charge is 0.267 e. The molecule has 0 heterocycles. The zero-order chi connectivity index (χ0) is 27.1. The van der Waals surface area contributed by atoms with Crippen LogP contribution in [0.2, 0.25) is 0 Å². The first-order chi connectivity index (χ1) is 17.2. The molecule has 0 aliphatic carbocycles. The van der Waals surface area contributed by atoms with E-state index in [-0.39, 0.29) is 11.8 Å². The van der Waals surface area contributed by atoms with E-state index in [9.17, 15) is 22.6 Å². The van der Waals surface area contributed by atoms with Gasteiger partial charge in [-0.3, -0.25) is 14.1 Å². The summed E-state index contributed by atoms with van der Waals surface area (Å²) >= 11 is 0. The number of carbonyl (C=O) groups is 2. The monoisotopic (exact) mass is 535 g/mol. The van der Waals surface area contributed by atoms with Gasteiger partial charge < -0.3 is 15.8 Å². The molecule has 0 rings (SSSR count). The van der Waals surface area contributed by atoms with Crippen molar-refractivity contribution in [3.63, 3.8) is 0 Å². The van der Waals surface area contributed by atoms with Crippen LogP contribution in [-0.4, -0.2) is 67.0 Å². The number of hydrogen-bond acceptors (Lipinski definition) is 6. The quantitative estimate of drug-likeness (QED) is 0.0746. The van der Waals surface area contributed by atoms with Crippen LogP contribution in [-0.2, 0) is 19.7 Å². The van der Waals surface area contributed by atoms with E-state index in [2.05, 4.69) is 17.6 Å². The van der Waals surface area contributed by atoms with Crippen molar-refractivity contribution >= 4 is 21.9 Å². The summed E-state index contributed by atoms with van der Waals surface area (Å²) in [7, 11) is -2.45. The second kappa shape index (κ2) is 22.9. The van der Waals surface area contributed by atoms with Gasteiger partial charge in [0.25, 0.3) is 10.1 Å². The van der Waals surface area contributed by atoms with Crippen LogP contribution in [0.4, 0.5) is 0 Å². The normalized spacial score (nSPS) is 12.6. The fourth-order valence-corrected chi connectivity index (χ4v) is 5.04. The van der Waals surface area contributed by atoms with Crippen molar-refractivity contribution in [2.45, 2.75) is 128 Å². The van der Waals surface area contributed by atoms with Crippen LogP contribution in [0.5, 0.6) is 0 Å². The molecule has 0 aromatic heterocycles. The van der Waals surface area contributed by atoms with Gasteiger partial charge in [-0.05, 0) is 38.5 Å². The number of nitrogens with zero attached hydrogens (tertiary/aromatic N) is 1. The first kappa shape index (κ1) is 34.8. The minimum Gasteiger partial charge on any atom is -0.356 e. The minimum absolute atomic E-state index is 0.0412. The number of hydrogen-bond donors (Lipinski definition) is 4. The number of amides is 2. The van der Waals surface area contributed by atoms with Gasteiger partial charge in [-0.25, -0.2) is 0 Å². The molecule has 0 radical (unpaired) electrons. The van der Waals surface area contributed by atoms with Crippen molar-refractivity contribution < 1.29 is 27.8 Å². The summed E-state index contributed by atoms with van der Waals surface area (Å²) in [6.07, 6.45) is 14.8. The molecule has 9 nitrogen and oxygen atoms in total. The number of hydroxylamine groups is 2. The van der Waals surface area contributed by atoms with Gasteiger partial charge in [-0.15, -0.1) is 0 Å². The van der Waals surface area contributed by atoms with Gasteiger partial charge in [0.05, 0.1) is 5.25 Å². The van der Waals surface area contributed by atoms with Crippen LogP contribution in [0.15, 0.2) is 0 Å². The second-order valence-electron chi connectivity index (χ2n) is 9.89. The van der Waals surface area contributed by atoms with E-state index in [1.807, 2.05) is 0 Å². The van der Waals surface area contributed by atoms with Crippen molar-refractivity contribution in [1.29, 1.82) is 0 Å². The highest BCUT2D eigenvalue weighted by Gasteiger charge is 2.21. The fraction of sp³-hybridized carbons (Fsp3) is 0.923. The molecule has 0 aromatic carbocycles. The van der Waals surface area contributed by atoms with Crippen molar-refractivity contribution in [1.82, 2.24) is 15.7 Å². The lowest BCUT2D eigenvalue weighted by molar-refractivity contribution is -0.122. The molecule has 2 amide bonds. The topological polar surface area (TPSA) is 136 Å². The van der Waals surface area contributed by atoms with E-state index >= 15 is 0 Å². The molecule has 4 N–H and O–H groups in total. The maximum absolute atomic E-state index is 11.7. The predicted octanol–water partition coefficient (Wildman–Crippen LogP) is 4.84. The van der Waals surface area contributed by atoms with Crippen LogP contribution in [0.1, 0.15) is 122 Å². The van der Waals surface area contributed by atoms with Crippen molar-refractivity contribution in [2.75, 3.05) is 26.7 Å². The van der Waals surface area contributed by atoms with Gasteiger partial charge in [0.2, 0.25) is 11.8 Å². The highest BCUT2D eigenvalue weighted by atomic mass is 32.2. The Morgan fingerprint density at radius 3 is 1.56 bits per heavy atom. The molecule has 0 fully saturated rings. The lowest BCUT2D eigenvalue weighted by atomic mass is 10.0. The maximum Gasteiger partial charge on any atom is 0.267 e. The summed E-state index contributed by atoms with van der Waals surface area (Å²) in [5.41, 5.74) is 0. The average molecular weight is 536 g/mol. The molecule has 0 aliphatic heterocycles. The Kier molecular flexibility index (Phi) is 22.1. The van der Waals surface area contributed by atoms with Gasteiger partial charge in [0.15, 0.2) is 0 Å². The maximum atomic E-state index is 11.7. The number of rotatable bonds is 25. The molecule has 0 saturated carbocycles. The Balaban J connectivity index is 3.75. The summed E-state index contributed by atoms with van der Waals surface area (Å²) in [5, 5.41) is 15.2. The third-order valence-electron chi connectivity index (χ3n) is 6.36. The summed E-state index contributed by atoms with van der Waals surface area (Å²) in [5.74, 6) is 0.151. The van der Waals surface area contributed by atoms with Crippen LogP contribution >= 0.6 is 0 Å². The zero-order valence-electron chi connectivity index (χ0n) is 22.8. The van der Waals surface area contributed by atoms with Crippen LogP contribution in [0.3, 0.4) is 0 Å². The lowest BCUT2D eigenvalue weighted by Gasteiger charge is -2.13.